The molecule has 0 spiro atoms. The first kappa shape index (κ1) is 10.5. The number of hydrogen-bond donors (Lipinski definition) is 2. The molecular formula is C12H16ClN2+. The standard InChI is InChI=1S/C12H15ClN2/c1-7-3-4-10(13)11-9(5-6-14)8(2)15-12(7)11/h3-4,15H,5-6,14H2,1-2H3/p+1. The summed E-state index contributed by atoms with van der Waals surface area (Å²) in [5, 5.41) is 2.02. The molecule has 2 rings (SSSR count). The number of H-pyrrole nitrogens is 1. The van der Waals surface area contributed by atoms with Gasteiger partial charge in [-0.1, -0.05) is 17.7 Å². The highest BCUT2D eigenvalue weighted by molar-refractivity contribution is 6.35. The molecule has 0 saturated heterocycles. The second-order valence-electron chi connectivity index (χ2n) is 3.95. The molecule has 1 aromatic carbocycles. The maximum absolute atomic E-state index is 6.24. The fraction of sp³-hybridized carbons (Fsp3) is 0.333. The van der Waals surface area contributed by atoms with Crippen LogP contribution < -0.4 is 5.73 Å². The lowest BCUT2D eigenvalue weighted by atomic mass is 10.1. The van der Waals surface area contributed by atoms with E-state index in [-0.39, 0.29) is 0 Å². The molecule has 0 aliphatic heterocycles. The smallest absolute Gasteiger partial charge is 0.0781 e. The fourth-order valence-electron chi connectivity index (χ4n) is 2.08. The highest BCUT2D eigenvalue weighted by Crippen LogP contribution is 2.31. The highest BCUT2D eigenvalue weighted by atomic mass is 35.5. The van der Waals surface area contributed by atoms with Crippen LogP contribution in [0, 0.1) is 13.8 Å². The molecule has 2 nitrogen and oxygen atoms in total. The van der Waals surface area contributed by atoms with Gasteiger partial charge in [-0.05, 0) is 31.0 Å². The Morgan fingerprint density at radius 1 is 1.33 bits per heavy atom. The van der Waals surface area contributed by atoms with E-state index >= 15 is 0 Å². The van der Waals surface area contributed by atoms with Crippen molar-refractivity contribution >= 4 is 22.5 Å². The summed E-state index contributed by atoms with van der Waals surface area (Å²) in [4.78, 5) is 3.41. The monoisotopic (exact) mass is 223 g/mol. The van der Waals surface area contributed by atoms with Crippen LogP contribution in [0.1, 0.15) is 16.8 Å². The molecule has 80 valence electrons. The Kier molecular flexibility index (Phi) is 2.72. The van der Waals surface area contributed by atoms with E-state index in [9.17, 15) is 0 Å². The van der Waals surface area contributed by atoms with Crippen LogP contribution in [0.3, 0.4) is 0 Å². The summed E-state index contributed by atoms with van der Waals surface area (Å²) in [7, 11) is 0. The Balaban J connectivity index is 2.79. The fourth-order valence-corrected chi connectivity index (χ4v) is 2.35. The zero-order chi connectivity index (χ0) is 11.0. The Bertz CT molecular complexity index is 500. The minimum Gasteiger partial charge on any atom is -0.358 e. The molecule has 1 heterocycles. The number of benzene rings is 1. The van der Waals surface area contributed by atoms with Crippen molar-refractivity contribution in [2.24, 2.45) is 0 Å². The van der Waals surface area contributed by atoms with Gasteiger partial charge in [0.05, 0.1) is 17.1 Å². The van der Waals surface area contributed by atoms with E-state index in [4.69, 9.17) is 11.6 Å². The average molecular weight is 224 g/mol. The summed E-state index contributed by atoms with van der Waals surface area (Å²) in [5.74, 6) is 0. The first-order valence-electron chi connectivity index (χ1n) is 5.20. The third kappa shape index (κ3) is 1.64. The van der Waals surface area contributed by atoms with E-state index in [2.05, 4.69) is 30.6 Å². The van der Waals surface area contributed by atoms with Crippen LogP contribution in [0.25, 0.3) is 10.9 Å². The van der Waals surface area contributed by atoms with E-state index in [0.717, 1.165) is 18.0 Å². The van der Waals surface area contributed by atoms with Gasteiger partial charge in [-0.25, -0.2) is 0 Å². The lowest BCUT2D eigenvalue weighted by Crippen LogP contribution is -2.51. The Hall–Kier alpha value is -0.990. The third-order valence-corrected chi connectivity index (χ3v) is 3.17. The predicted octanol–water partition coefficient (Wildman–Crippen LogP) is 2.22. The molecule has 0 radical (unpaired) electrons. The zero-order valence-electron chi connectivity index (χ0n) is 9.15. The molecule has 0 fully saturated rings. The lowest BCUT2D eigenvalue weighted by Gasteiger charge is -2.01. The van der Waals surface area contributed by atoms with Gasteiger partial charge in [-0.15, -0.1) is 0 Å². The summed E-state index contributed by atoms with van der Waals surface area (Å²) in [6.07, 6.45) is 0.981. The molecule has 0 saturated carbocycles. The Morgan fingerprint density at radius 3 is 2.73 bits per heavy atom. The minimum absolute atomic E-state index is 0.836. The molecule has 0 aliphatic carbocycles. The Morgan fingerprint density at radius 2 is 2.07 bits per heavy atom. The minimum atomic E-state index is 0.836. The zero-order valence-corrected chi connectivity index (χ0v) is 9.91. The normalized spacial score (nSPS) is 11.2. The molecule has 0 amide bonds. The molecular weight excluding hydrogens is 208 g/mol. The quantitative estimate of drug-likeness (QED) is 0.784. The lowest BCUT2D eigenvalue weighted by molar-refractivity contribution is -0.366. The van der Waals surface area contributed by atoms with Crippen molar-refractivity contribution in [3.05, 3.63) is 34.0 Å². The van der Waals surface area contributed by atoms with Gasteiger partial charge in [0.1, 0.15) is 0 Å². The van der Waals surface area contributed by atoms with Crippen LogP contribution in [0.4, 0.5) is 0 Å². The van der Waals surface area contributed by atoms with Crippen LogP contribution >= 0.6 is 11.6 Å². The SMILES string of the molecule is Cc1[nH]c2c(C)ccc(Cl)c2c1CC[NH3+]. The van der Waals surface area contributed by atoms with E-state index < -0.39 is 0 Å². The maximum atomic E-state index is 6.24. The molecule has 2 aromatic rings. The van der Waals surface area contributed by atoms with Gasteiger partial charge in [-0.2, -0.15) is 0 Å². The van der Waals surface area contributed by atoms with Crippen LogP contribution in [0.5, 0.6) is 0 Å². The molecule has 0 atom stereocenters. The molecule has 1 aromatic heterocycles. The summed E-state index contributed by atoms with van der Waals surface area (Å²) in [5.41, 5.74) is 8.84. The van der Waals surface area contributed by atoms with E-state index in [1.165, 1.54) is 27.7 Å². The number of halogens is 1. The van der Waals surface area contributed by atoms with E-state index in [1.807, 2.05) is 6.07 Å². The van der Waals surface area contributed by atoms with Crippen molar-refractivity contribution in [2.75, 3.05) is 6.54 Å². The number of aromatic nitrogens is 1. The van der Waals surface area contributed by atoms with Crippen LogP contribution in [0.15, 0.2) is 12.1 Å². The number of nitrogens with one attached hydrogen (secondary N) is 1. The van der Waals surface area contributed by atoms with Crippen molar-refractivity contribution in [1.82, 2.24) is 4.98 Å². The van der Waals surface area contributed by atoms with Crippen molar-refractivity contribution < 1.29 is 5.73 Å². The van der Waals surface area contributed by atoms with Gasteiger partial charge >= 0.3 is 0 Å². The molecule has 4 N–H and O–H groups in total. The number of quaternary nitrogens is 1. The molecule has 15 heavy (non-hydrogen) atoms. The van der Waals surface area contributed by atoms with Crippen molar-refractivity contribution in [3.63, 3.8) is 0 Å². The van der Waals surface area contributed by atoms with Gasteiger partial charge < -0.3 is 10.7 Å². The summed E-state index contributed by atoms with van der Waals surface area (Å²) in [6, 6.07) is 4.02. The predicted molar refractivity (Wildman–Crippen MR) is 64.2 cm³/mol. The summed E-state index contributed by atoms with van der Waals surface area (Å²) in [6.45, 7) is 5.10. The Labute approximate surface area is 94.4 Å². The van der Waals surface area contributed by atoms with Gasteiger partial charge in [0.2, 0.25) is 0 Å². The molecule has 0 aliphatic rings. The van der Waals surface area contributed by atoms with Crippen LogP contribution in [-0.2, 0) is 6.42 Å². The maximum Gasteiger partial charge on any atom is 0.0781 e. The summed E-state index contributed by atoms with van der Waals surface area (Å²) >= 11 is 6.24. The second-order valence-corrected chi connectivity index (χ2v) is 4.35. The van der Waals surface area contributed by atoms with Gasteiger partial charge in [0, 0.05) is 17.5 Å². The van der Waals surface area contributed by atoms with Crippen LogP contribution in [-0.4, -0.2) is 11.5 Å². The number of rotatable bonds is 2. The highest BCUT2D eigenvalue weighted by Gasteiger charge is 2.12. The first-order valence-corrected chi connectivity index (χ1v) is 5.58. The number of aryl methyl sites for hydroxylation is 2. The van der Waals surface area contributed by atoms with Crippen molar-refractivity contribution in [2.45, 2.75) is 20.3 Å². The van der Waals surface area contributed by atoms with Gasteiger partial charge in [-0.3, -0.25) is 0 Å². The molecule has 0 unspecified atom stereocenters. The average Bonchev–Trinajstić information content (AvgIpc) is 2.53. The van der Waals surface area contributed by atoms with E-state index in [0.29, 0.717) is 0 Å². The second kappa shape index (κ2) is 3.87. The molecule has 3 heteroatoms. The topological polar surface area (TPSA) is 43.4 Å². The number of hydrogen-bond acceptors (Lipinski definition) is 0. The summed E-state index contributed by atoms with van der Waals surface area (Å²) < 4.78 is 0. The van der Waals surface area contributed by atoms with E-state index in [1.54, 1.807) is 0 Å². The molecule has 0 bridgehead atoms. The number of fused-ring (bicyclic) bond motifs is 1. The first-order chi connectivity index (χ1) is 7.15. The number of aromatic amines is 1. The van der Waals surface area contributed by atoms with Gasteiger partial charge in [0.25, 0.3) is 0 Å². The van der Waals surface area contributed by atoms with Crippen molar-refractivity contribution in [3.8, 4) is 0 Å². The van der Waals surface area contributed by atoms with Gasteiger partial charge in [0.15, 0.2) is 0 Å². The largest absolute Gasteiger partial charge is 0.358 e. The third-order valence-electron chi connectivity index (χ3n) is 2.86. The van der Waals surface area contributed by atoms with Crippen molar-refractivity contribution in [1.29, 1.82) is 0 Å². The van der Waals surface area contributed by atoms with Crippen LogP contribution in [0.2, 0.25) is 5.02 Å².